The molecule has 1 aliphatic heterocycles. The van der Waals surface area contributed by atoms with Gasteiger partial charge in [0.15, 0.2) is 10.9 Å². The van der Waals surface area contributed by atoms with Crippen molar-refractivity contribution in [2.24, 2.45) is 0 Å². The van der Waals surface area contributed by atoms with Crippen molar-refractivity contribution in [3.05, 3.63) is 29.4 Å². The minimum Gasteiger partial charge on any atom is -0.497 e. The van der Waals surface area contributed by atoms with Gasteiger partial charge >= 0.3 is 5.97 Å². The van der Waals surface area contributed by atoms with Gasteiger partial charge in [-0.05, 0) is 24.3 Å². The minimum atomic E-state index is -0.350. The lowest BCUT2D eigenvalue weighted by Crippen LogP contribution is -2.31. The molecular weight excluding hydrogens is 320 g/mol. The molecule has 0 unspecified atom stereocenters. The molecule has 2 aromatic rings. The highest BCUT2D eigenvalue weighted by atomic mass is 35.5. The molecule has 2 heterocycles. The second kappa shape index (κ2) is 6.60. The van der Waals surface area contributed by atoms with Gasteiger partial charge in [0.2, 0.25) is 0 Å². The first-order valence-electron chi connectivity index (χ1n) is 7.23. The van der Waals surface area contributed by atoms with Gasteiger partial charge in [0, 0.05) is 18.4 Å². The van der Waals surface area contributed by atoms with Crippen molar-refractivity contribution in [3.63, 3.8) is 0 Å². The van der Waals surface area contributed by atoms with Crippen LogP contribution in [0.2, 0.25) is 5.15 Å². The maximum absolute atomic E-state index is 11.5. The molecule has 1 saturated heterocycles. The number of halogens is 1. The van der Waals surface area contributed by atoms with E-state index in [-0.39, 0.29) is 18.1 Å². The van der Waals surface area contributed by atoms with Crippen molar-refractivity contribution in [3.8, 4) is 11.5 Å². The standard InChI is InChI=1S/C16H17ClN2O4/c1-21-10-3-4-12-9(5-10)6-14(15(17)19-12)23-11-7-13(18-8-11)16(20)22-2/h3-6,11,13,18H,7-8H2,1-2H3/t11-,13+/m1/s1. The topological polar surface area (TPSA) is 69.7 Å². The Labute approximate surface area is 138 Å². The second-order valence-electron chi connectivity index (χ2n) is 5.30. The molecule has 1 fully saturated rings. The number of rotatable bonds is 4. The van der Waals surface area contributed by atoms with Gasteiger partial charge < -0.3 is 19.5 Å². The molecule has 6 nitrogen and oxygen atoms in total. The highest BCUT2D eigenvalue weighted by molar-refractivity contribution is 6.31. The van der Waals surface area contributed by atoms with Crippen LogP contribution in [0.1, 0.15) is 6.42 Å². The van der Waals surface area contributed by atoms with Gasteiger partial charge in [-0.1, -0.05) is 11.6 Å². The van der Waals surface area contributed by atoms with E-state index >= 15 is 0 Å². The summed E-state index contributed by atoms with van der Waals surface area (Å²) >= 11 is 6.20. The molecule has 23 heavy (non-hydrogen) atoms. The normalized spacial score (nSPS) is 20.5. The van der Waals surface area contributed by atoms with Gasteiger partial charge in [0.25, 0.3) is 0 Å². The number of fused-ring (bicyclic) bond motifs is 1. The van der Waals surface area contributed by atoms with Crippen molar-refractivity contribution >= 4 is 28.5 Å². The molecule has 1 aliphatic rings. The van der Waals surface area contributed by atoms with Crippen LogP contribution in [0.15, 0.2) is 24.3 Å². The summed E-state index contributed by atoms with van der Waals surface area (Å²) in [6.07, 6.45) is 0.362. The summed E-state index contributed by atoms with van der Waals surface area (Å²) < 4.78 is 15.9. The van der Waals surface area contributed by atoms with Gasteiger partial charge in [-0.15, -0.1) is 0 Å². The molecule has 7 heteroatoms. The number of benzene rings is 1. The first kappa shape index (κ1) is 15.8. The van der Waals surface area contributed by atoms with E-state index in [9.17, 15) is 4.79 Å². The Morgan fingerprint density at radius 3 is 2.91 bits per heavy atom. The molecular formula is C16H17ClN2O4. The lowest BCUT2D eigenvalue weighted by atomic mass is 10.2. The van der Waals surface area contributed by atoms with Crippen LogP contribution in [-0.2, 0) is 9.53 Å². The van der Waals surface area contributed by atoms with Crippen LogP contribution in [0.3, 0.4) is 0 Å². The Balaban J connectivity index is 1.80. The SMILES string of the molecule is COC(=O)[C@@H]1C[C@@H](Oc2cc3cc(OC)ccc3nc2Cl)CN1. The number of nitrogens with one attached hydrogen (secondary N) is 1. The summed E-state index contributed by atoms with van der Waals surface area (Å²) in [4.78, 5) is 15.9. The van der Waals surface area contributed by atoms with Crippen LogP contribution in [-0.4, -0.2) is 43.9 Å². The Morgan fingerprint density at radius 2 is 2.17 bits per heavy atom. The third-order valence-corrected chi connectivity index (χ3v) is 4.08. The molecule has 3 rings (SSSR count). The number of hydrogen-bond acceptors (Lipinski definition) is 6. The molecule has 122 valence electrons. The second-order valence-corrected chi connectivity index (χ2v) is 5.65. The average molecular weight is 337 g/mol. The number of methoxy groups -OCH3 is 2. The summed E-state index contributed by atoms with van der Waals surface area (Å²) in [7, 11) is 2.98. The Bertz CT molecular complexity index is 737. The summed E-state index contributed by atoms with van der Waals surface area (Å²) in [6.45, 7) is 0.548. The van der Waals surface area contributed by atoms with Crippen LogP contribution >= 0.6 is 11.6 Å². The third-order valence-electron chi connectivity index (χ3n) is 3.81. The fraction of sp³-hybridized carbons (Fsp3) is 0.375. The molecule has 0 aliphatic carbocycles. The zero-order valence-electron chi connectivity index (χ0n) is 12.8. The number of esters is 1. The van der Waals surface area contributed by atoms with Crippen molar-refractivity contribution in [2.75, 3.05) is 20.8 Å². The lowest BCUT2D eigenvalue weighted by Gasteiger charge is -2.14. The number of ether oxygens (including phenoxy) is 3. The zero-order chi connectivity index (χ0) is 16.4. The van der Waals surface area contributed by atoms with E-state index in [1.807, 2.05) is 24.3 Å². The quantitative estimate of drug-likeness (QED) is 0.681. The van der Waals surface area contributed by atoms with Crippen molar-refractivity contribution in [1.82, 2.24) is 10.3 Å². The van der Waals surface area contributed by atoms with Gasteiger partial charge in [0.1, 0.15) is 17.9 Å². The molecule has 0 spiro atoms. The number of hydrogen-bond donors (Lipinski definition) is 1. The largest absolute Gasteiger partial charge is 0.497 e. The highest BCUT2D eigenvalue weighted by Gasteiger charge is 2.31. The maximum Gasteiger partial charge on any atom is 0.323 e. The predicted molar refractivity (Wildman–Crippen MR) is 86.1 cm³/mol. The fourth-order valence-electron chi connectivity index (χ4n) is 2.62. The summed E-state index contributed by atoms with van der Waals surface area (Å²) in [5.74, 6) is 0.939. The number of aromatic nitrogens is 1. The summed E-state index contributed by atoms with van der Waals surface area (Å²) in [6, 6.07) is 7.02. The average Bonchev–Trinajstić information content (AvgIpc) is 3.03. The van der Waals surface area contributed by atoms with Crippen LogP contribution in [0.4, 0.5) is 0 Å². The molecule has 0 radical (unpaired) electrons. The van der Waals surface area contributed by atoms with Crippen LogP contribution in [0.5, 0.6) is 11.5 Å². The molecule has 2 atom stereocenters. The van der Waals surface area contributed by atoms with Crippen molar-refractivity contribution < 1.29 is 19.0 Å². The summed E-state index contributed by atoms with van der Waals surface area (Å²) in [5.41, 5.74) is 0.764. The minimum absolute atomic E-state index is 0.165. The number of carbonyl (C=O) groups is 1. The van der Waals surface area contributed by atoms with Crippen molar-refractivity contribution in [2.45, 2.75) is 18.6 Å². The zero-order valence-corrected chi connectivity index (χ0v) is 13.6. The van der Waals surface area contributed by atoms with E-state index < -0.39 is 0 Å². The number of nitrogens with zero attached hydrogens (tertiary/aromatic N) is 1. The summed E-state index contributed by atoms with van der Waals surface area (Å²) in [5, 5.41) is 4.24. The monoisotopic (exact) mass is 336 g/mol. The van der Waals surface area contributed by atoms with E-state index in [1.54, 1.807) is 7.11 Å². The first-order valence-corrected chi connectivity index (χ1v) is 7.60. The number of pyridine rings is 1. The van der Waals surface area contributed by atoms with E-state index in [4.69, 9.17) is 25.8 Å². The Kier molecular flexibility index (Phi) is 4.54. The first-order chi connectivity index (χ1) is 11.1. The van der Waals surface area contributed by atoms with Crippen LogP contribution < -0.4 is 14.8 Å². The number of carbonyl (C=O) groups excluding carboxylic acids is 1. The molecule has 1 N–H and O–H groups in total. The van der Waals surface area contributed by atoms with Gasteiger partial charge in [-0.25, -0.2) is 4.98 Å². The molecule has 0 bridgehead atoms. The van der Waals surface area contributed by atoms with E-state index in [1.165, 1.54) is 7.11 Å². The predicted octanol–water partition coefficient (Wildman–Crippen LogP) is 2.18. The van der Waals surface area contributed by atoms with Crippen LogP contribution in [0.25, 0.3) is 10.9 Å². The smallest absolute Gasteiger partial charge is 0.323 e. The van der Waals surface area contributed by atoms with Gasteiger partial charge in [-0.2, -0.15) is 0 Å². The molecule has 1 aromatic carbocycles. The molecule has 1 aromatic heterocycles. The molecule has 0 saturated carbocycles. The van der Waals surface area contributed by atoms with E-state index in [0.29, 0.717) is 23.9 Å². The third kappa shape index (κ3) is 3.33. The molecule has 0 amide bonds. The lowest BCUT2D eigenvalue weighted by molar-refractivity contribution is -0.142. The van der Waals surface area contributed by atoms with E-state index in [2.05, 4.69) is 10.3 Å². The van der Waals surface area contributed by atoms with E-state index in [0.717, 1.165) is 16.7 Å². The van der Waals surface area contributed by atoms with Crippen LogP contribution in [0, 0.1) is 0 Å². The van der Waals surface area contributed by atoms with Gasteiger partial charge in [0.05, 0.1) is 19.7 Å². The fourth-order valence-corrected chi connectivity index (χ4v) is 2.81. The Hall–Kier alpha value is -2.05. The Morgan fingerprint density at radius 1 is 1.35 bits per heavy atom. The van der Waals surface area contributed by atoms with Crippen molar-refractivity contribution in [1.29, 1.82) is 0 Å². The highest BCUT2D eigenvalue weighted by Crippen LogP contribution is 2.30. The van der Waals surface area contributed by atoms with Gasteiger partial charge in [-0.3, -0.25) is 4.79 Å². The maximum atomic E-state index is 11.5.